The molecular weight excluding hydrogens is 324 g/mol. The highest BCUT2D eigenvalue weighted by Gasteiger charge is 2.32. The Morgan fingerprint density at radius 3 is 2.62 bits per heavy atom. The van der Waals surface area contributed by atoms with E-state index >= 15 is 0 Å². The van der Waals surface area contributed by atoms with Crippen molar-refractivity contribution in [2.75, 3.05) is 0 Å². The van der Waals surface area contributed by atoms with Crippen LogP contribution in [-0.2, 0) is 9.59 Å². The van der Waals surface area contributed by atoms with E-state index in [-0.39, 0.29) is 23.1 Å². The molecule has 0 aromatic heterocycles. The van der Waals surface area contributed by atoms with E-state index in [9.17, 15) is 9.59 Å². The van der Waals surface area contributed by atoms with Gasteiger partial charge in [-0.2, -0.15) is 0 Å². The Balaban J connectivity index is 1.66. The van der Waals surface area contributed by atoms with Gasteiger partial charge in [-0.25, -0.2) is 4.99 Å². The summed E-state index contributed by atoms with van der Waals surface area (Å²) in [6, 6.07) is 0. The molecule has 0 aromatic rings. The van der Waals surface area contributed by atoms with Crippen molar-refractivity contribution in [2.24, 2.45) is 22.2 Å². The van der Waals surface area contributed by atoms with E-state index in [0.29, 0.717) is 18.1 Å². The van der Waals surface area contributed by atoms with Crippen molar-refractivity contribution in [1.29, 1.82) is 0 Å². The summed E-state index contributed by atoms with van der Waals surface area (Å²) in [5.74, 6) is 0.591. The second-order valence-corrected chi connectivity index (χ2v) is 8.75. The monoisotopic (exact) mass is 354 g/mol. The lowest BCUT2D eigenvalue weighted by atomic mass is 9.74. The average molecular weight is 354 g/mol. The molecule has 1 atom stereocenters. The first-order valence-corrected chi connectivity index (χ1v) is 9.87. The molecule has 2 amide bonds. The third-order valence-corrected chi connectivity index (χ3v) is 5.60. The number of allylic oxidation sites excluding steroid dienone is 3. The fourth-order valence-corrected chi connectivity index (χ4v) is 4.15. The summed E-state index contributed by atoms with van der Waals surface area (Å²) in [6.07, 6.45) is 15.4. The van der Waals surface area contributed by atoms with Gasteiger partial charge in [-0.15, -0.1) is 0 Å². The molecule has 2 aliphatic carbocycles. The van der Waals surface area contributed by atoms with E-state index in [1.807, 2.05) is 18.2 Å². The van der Waals surface area contributed by atoms with Gasteiger partial charge in [0.15, 0.2) is 0 Å². The highest BCUT2D eigenvalue weighted by atomic mass is 16.2. The molecule has 1 saturated carbocycles. The fraction of sp³-hybridized carbons (Fsp3) is 0.591. The molecular formula is C22H30N2O2. The molecule has 0 radical (unpaired) electrons. The van der Waals surface area contributed by atoms with Gasteiger partial charge in [0.2, 0.25) is 11.8 Å². The topological polar surface area (TPSA) is 58.5 Å². The second-order valence-electron chi connectivity index (χ2n) is 8.75. The predicted molar refractivity (Wildman–Crippen MR) is 105 cm³/mol. The van der Waals surface area contributed by atoms with Crippen LogP contribution in [0, 0.1) is 17.3 Å². The van der Waals surface area contributed by atoms with E-state index < -0.39 is 0 Å². The molecule has 0 aromatic carbocycles. The van der Waals surface area contributed by atoms with Crippen LogP contribution in [0.4, 0.5) is 0 Å². The number of nitrogens with one attached hydrogen (secondary N) is 1. The Morgan fingerprint density at radius 2 is 1.92 bits per heavy atom. The zero-order chi connectivity index (χ0) is 18.7. The minimum atomic E-state index is -0.101. The molecule has 140 valence electrons. The molecule has 1 aliphatic heterocycles. The normalized spacial score (nSPS) is 25.4. The van der Waals surface area contributed by atoms with Crippen molar-refractivity contribution in [3.8, 4) is 0 Å². The third kappa shape index (κ3) is 4.60. The molecule has 1 heterocycles. The number of rotatable bonds is 3. The van der Waals surface area contributed by atoms with E-state index in [1.54, 1.807) is 6.08 Å². The summed E-state index contributed by atoms with van der Waals surface area (Å²) in [5.41, 5.74) is 2.46. The first kappa shape index (κ1) is 18.8. The number of nitrogens with zero attached hydrogens (tertiary/aromatic N) is 1. The van der Waals surface area contributed by atoms with Gasteiger partial charge in [0, 0.05) is 24.1 Å². The number of hydrogen-bond acceptors (Lipinski definition) is 2. The first-order valence-electron chi connectivity index (χ1n) is 9.87. The quantitative estimate of drug-likeness (QED) is 0.812. The second kappa shape index (κ2) is 7.73. The average Bonchev–Trinajstić information content (AvgIpc) is 2.59. The molecule has 0 bridgehead atoms. The van der Waals surface area contributed by atoms with E-state index in [0.717, 1.165) is 17.7 Å². The van der Waals surface area contributed by atoms with Crippen molar-refractivity contribution < 1.29 is 9.59 Å². The summed E-state index contributed by atoms with van der Waals surface area (Å²) in [7, 11) is 0. The van der Waals surface area contributed by atoms with Crippen molar-refractivity contribution >= 4 is 17.5 Å². The molecule has 4 heteroatoms. The lowest BCUT2D eigenvalue weighted by Gasteiger charge is -2.34. The highest BCUT2D eigenvalue weighted by molar-refractivity contribution is 6.11. The molecule has 3 rings (SSSR count). The minimum Gasteiger partial charge on any atom is -0.325 e. The molecule has 3 aliphatic rings. The predicted octanol–water partition coefficient (Wildman–Crippen LogP) is 4.49. The Bertz CT molecular complexity index is 698. The Kier molecular flexibility index (Phi) is 5.59. The maximum atomic E-state index is 12.3. The largest absolute Gasteiger partial charge is 0.325 e. The number of aliphatic imine (C=N–C) groups is 1. The molecule has 0 saturated heterocycles. The molecule has 1 N–H and O–H groups in total. The van der Waals surface area contributed by atoms with Gasteiger partial charge in [0.1, 0.15) is 0 Å². The lowest BCUT2D eigenvalue weighted by Crippen LogP contribution is -2.36. The maximum Gasteiger partial charge on any atom is 0.248 e. The van der Waals surface area contributed by atoms with Crippen LogP contribution in [0.15, 0.2) is 40.6 Å². The molecule has 1 fully saturated rings. The number of carbonyl (C=O) groups is 2. The van der Waals surface area contributed by atoms with E-state index in [4.69, 9.17) is 0 Å². The van der Waals surface area contributed by atoms with Crippen molar-refractivity contribution in [3.05, 3.63) is 35.6 Å². The number of amides is 2. The van der Waals surface area contributed by atoms with E-state index in [1.165, 1.54) is 32.1 Å². The van der Waals surface area contributed by atoms with Crippen LogP contribution >= 0.6 is 0 Å². The number of carbonyl (C=O) groups excluding carboxylic acids is 2. The Hall–Kier alpha value is -1.97. The van der Waals surface area contributed by atoms with Gasteiger partial charge in [-0.05, 0) is 35.5 Å². The van der Waals surface area contributed by atoms with Crippen molar-refractivity contribution in [3.63, 3.8) is 0 Å². The van der Waals surface area contributed by atoms with Gasteiger partial charge in [-0.3, -0.25) is 9.59 Å². The molecule has 4 nitrogen and oxygen atoms in total. The van der Waals surface area contributed by atoms with Crippen molar-refractivity contribution in [1.82, 2.24) is 5.32 Å². The van der Waals surface area contributed by atoms with Crippen LogP contribution in [0.3, 0.4) is 0 Å². The maximum absolute atomic E-state index is 12.3. The highest BCUT2D eigenvalue weighted by Crippen LogP contribution is 2.38. The molecule has 0 spiro atoms. The summed E-state index contributed by atoms with van der Waals surface area (Å²) in [5, 5.41) is 2.91. The summed E-state index contributed by atoms with van der Waals surface area (Å²) in [4.78, 5) is 28.5. The third-order valence-electron chi connectivity index (χ3n) is 5.60. The van der Waals surface area contributed by atoms with Gasteiger partial charge in [0.25, 0.3) is 0 Å². The van der Waals surface area contributed by atoms with Crippen LogP contribution in [0.5, 0.6) is 0 Å². The summed E-state index contributed by atoms with van der Waals surface area (Å²) >= 11 is 0. The van der Waals surface area contributed by atoms with E-state index in [2.05, 4.69) is 31.1 Å². The zero-order valence-electron chi connectivity index (χ0n) is 16.2. The summed E-state index contributed by atoms with van der Waals surface area (Å²) in [6.45, 7) is 6.34. The molecule has 1 unspecified atom stereocenters. The first-order chi connectivity index (χ1) is 12.3. The van der Waals surface area contributed by atoms with Crippen LogP contribution in [0.2, 0.25) is 0 Å². The van der Waals surface area contributed by atoms with Crippen LogP contribution in [-0.4, -0.2) is 17.5 Å². The van der Waals surface area contributed by atoms with Crippen LogP contribution in [0.1, 0.15) is 65.7 Å². The minimum absolute atomic E-state index is 0.0563. The standard InChI is InChI=1S/C22H30N2O2/c1-22(2,3)18-14-21(26)24-19-13-16(10-11-17(18)19)23-20(25)12-9-15-7-5-4-6-8-15/h10-11,13-15,17H,4-9,12H2,1-3H3,(H,24,26). The Morgan fingerprint density at radius 1 is 1.19 bits per heavy atom. The Labute approximate surface area is 156 Å². The number of fused-ring (bicyclic) bond motifs is 1. The summed E-state index contributed by atoms with van der Waals surface area (Å²) < 4.78 is 0. The van der Waals surface area contributed by atoms with Crippen LogP contribution in [0.25, 0.3) is 0 Å². The smallest absolute Gasteiger partial charge is 0.248 e. The fourth-order valence-electron chi connectivity index (χ4n) is 4.15. The van der Waals surface area contributed by atoms with Crippen molar-refractivity contribution in [2.45, 2.75) is 65.7 Å². The SMILES string of the molecule is CC(C)(C)C1=CC(=O)NC2=CC(=NC(=O)CCC3CCCCC3)C=CC21. The van der Waals surface area contributed by atoms with Gasteiger partial charge in [-0.1, -0.05) is 59.0 Å². The van der Waals surface area contributed by atoms with Crippen LogP contribution < -0.4 is 5.32 Å². The van der Waals surface area contributed by atoms with Gasteiger partial charge in [0.05, 0.1) is 5.71 Å². The van der Waals surface area contributed by atoms with Gasteiger partial charge >= 0.3 is 0 Å². The lowest BCUT2D eigenvalue weighted by molar-refractivity contribution is -0.118. The zero-order valence-corrected chi connectivity index (χ0v) is 16.2. The van der Waals surface area contributed by atoms with Gasteiger partial charge < -0.3 is 5.32 Å². The number of hydrogen-bond donors (Lipinski definition) is 1. The molecule has 26 heavy (non-hydrogen) atoms.